The maximum absolute atomic E-state index is 13.7. The van der Waals surface area contributed by atoms with Gasteiger partial charge in [-0.1, -0.05) is 18.2 Å². The summed E-state index contributed by atoms with van der Waals surface area (Å²) in [6.45, 7) is 0.718. The van der Waals surface area contributed by atoms with E-state index in [0.717, 1.165) is 43.5 Å². The number of nitrogens with one attached hydrogen (secondary N) is 1. The zero-order valence-corrected chi connectivity index (χ0v) is 18.3. The first-order chi connectivity index (χ1) is 16.2. The topological polar surface area (TPSA) is 71.0 Å². The number of anilines is 2. The van der Waals surface area contributed by atoms with Crippen LogP contribution in [0.3, 0.4) is 0 Å². The van der Waals surface area contributed by atoms with Crippen molar-refractivity contribution in [2.75, 3.05) is 11.9 Å². The van der Waals surface area contributed by atoms with E-state index in [4.69, 9.17) is 9.97 Å². The highest BCUT2D eigenvalue weighted by atomic mass is 19.1. The van der Waals surface area contributed by atoms with Gasteiger partial charge in [-0.25, -0.2) is 14.4 Å². The Kier molecular flexibility index (Phi) is 6.11. The van der Waals surface area contributed by atoms with Gasteiger partial charge in [0, 0.05) is 42.7 Å². The highest BCUT2D eigenvalue weighted by Crippen LogP contribution is 2.34. The molecule has 1 fully saturated rings. The second-order valence-electron chi connectivity index (χ2n) is 8.58. The average molecular weight is 444 g/mol. The molecular formula is C26H26FN5O. The van der Waals surface area contributed by atoms with Crippen molar-refractivity contribution in [3.05, 3.63) is 78.7 Å². The number of carbonyl (C=O) groups excluding carboxylic acids is 1. The van der Waals surface area contributed by atoms with Gasteiger partial charge in [-0.05, 0) is 61.9 Å². The molecule has 1 amide bonds. The van der Waals surface area contributed by atoms with Crippen molar-refractivity contribution < 1.29 is 9.18 Å². The number of aromatic nitrogens is 3. The Bertz CT molecular complexity index is 1170. The van der Waals surface area contributed by atoms with Crippen molar-refractivity contribution in [2.45, 2.75) is 38.1 Å². The van der Waals surface area contributed by atoms with Crippen LogP contribution in [0.2, 0.25) is 0 Å². The lowest BCUT2D eigenvalue weighted by atomic mass is 10.0. The number of halogens is 1. The lowest BCUT2D eigenvalue weighted by Crippen LogP contribution is -2.32. The van der Waals surface area contributed by atoms with E-state index < -0.39 is 0 Å². The molecule has 0 spiro atoms. The van der Waals surface area contributed by atoms with Crippen molar-refractivity contribution in [3.8, 4) is 11.3 Å². The van der Waals surface area contributed by atoms with Crippen molar-refractivity contribution in [3.63, 3.8) is 0 Å². The highest BCUT2D eigenvalue weighted by Gasteiger charge is 2.33. The van der Waals surface area contributed by atoms with Crippen molar-refractivity contribution in [1.82, 2.24) is 19.9 Å². The van der Waals surface area contributed by atoms with E-state index in [1.807, 2.05) is 23.1 Å². The summed E-state index contributed by atoms with van der Waals surface area (Å²) in [6, 6.07) is 11.7. The molecule has 6 nitrogen and oxygen atoms in total. The summed E-state index contributed by atoms with van der Waals surface area (Å²) in [5.74, 6) is 1.34. The third-order valence-electron chi connectivity index (χ3n) is 6.24. The lowest BCUT2D eigenvalue weighted by Gasteiger charge is -2.25. The van der Waals surface area contributed by atoms with Gasteiger partial charge < -0.3 is 10.2 Å². The predicted octanol–water partition coefficient (Wildman–Crippen LogP) is 5.44. The molecule has 0 saturated carbocycles. The Labute approximate surface area is 192 Å². The van der Waals surface area contributed by atoms with Gasteiger partial charge >= 0.3 is 0 Å². The highest BCUT2D eigenvalue weighted by molar-refractivity contribution is 5.77. The second kappa shape index (κ2) is 9.48. The summed E-state index contributed by atoms with van der Waals surface area (Å²) in [6.07, 6.45) is 12.1. The summed E-state index contributed by atoms with van der Waals surface area (Å²) in [5.41, 5.74) is 2.25. The molecule has 1 N–H and O–H groups in total. The molecule has 0 unspecified atom stereocenters. The first-order valence-electron chi connectivity index (χ1n) is 11.4. The molecule has 168 valence electrons. The molecule has 2 atom stereocenters. The molecule has 7 heteroatoms. The van der Waals surface area contributed by atoms with E-state index in [2.05, 4.69) is 22.5 Å². The number of rotatable bonds is 6. The molecular weight excluding hydrogens is 417 g/mol. The van der Waals surface area contributed by atoms with E-state index in [9.17, 15) is 9.18 Å². The Hall–Kier alpha value is -3.61. The van der Waals surface area contributed by atoms with Crippen LogP contribution in [-0.2, 0) is 4.79 Å². The number of hydrogen-bond acceptors (Lipinski definition) is 5. The lowest BCUT2D eigenvalue weighted by molar-refractivity contribution is -0.133. The summed E-state index contributed by atoms with van der Waals surface area (Å²) in [4.78, 5) is 28.8. The molecule has 1 aliphatic carbocycles. The molecule has 33 heavy (non-hydrogen) atoms. The SMILES string of the molecule is O=C(C[C@H]1C=CCC1)N1CCC[C@H]1c1nc(Nc2cccc(F)c2)cc(-c2ccncc2)n1. The fourth-order valence-electron chi connectivity index (χ4n) is 4.60. The van der Waals surface area contributed by atoms with E-state index in [1.165, 1.54) is 12.1 Å². The average Bonchev–Trinajstić information content (AvgIpc) is 3.52. The quantitative estimate of drug-likeness (QED) is 0.514. The van der Waals surface area contributed by atoms with Gasteiger partial charge in [0.15, 0.2) is 5.82 Å². The van der Waals surface area contributed by atoms with Crippen molar-refractivity contribution >= 4 is 17.4 Å². The van der Waals surface area contributed by atoms with Gasteiger partial charge in [0.05, 0.1) is 11.7 Å². The van der Waals surface area contributed by atoms with E-state index >= 15 is 0 Å². The van der Waals surface area contributed by atoms with Crippen molar-refractivity contribution in [2.24, 2.45) is 5.92 Å². The molecule has 3 aromatic rings. The van der Waals surface area contributed by atoms with Gasteiger partial charge in [0.25, 0.3) is 0 Å². The maximum atomic E-state index is 13.7. The van der Waals surface area contributed by atoms with Crippen LogP contribution in [0, 0.1) is 11.7 Å². The number of pyridine rings is 1. The Morgan fingerprint density at radius 2 is 2.00 bits per heavy atom. The van der Waals surface area contributed by atoms with Crippen molar-refractivity contribution in [1.29, 1.82) is 0 Å². The van der Waals surface area contributed by atoms with Crippen LogP contribution in [0.25, 0.3) is 11.3 Å². The summed E-state index contributed by atoms with van der Waals surface area (Å²) < 4.78 is 13.7. The fraction of sp³-hybridized carbons (Fsp3) is 0.308. The molecule has 2 aliphatic rings. The Morgan fingerprint density at radius 1 is 1.12 bits per heavy atom. The van der Waals surface area contributed by atoms with Crippen LogP contribution in [0.1, 0.15) is 44.0 Å². The second-order valence-corrected chi connectivity index (χ2v) is 8.58. The maximum Gasteiger partial charge on any atom is 0.223 e. The molecule has 2 aromatic heterocycles. The third-order valence-corrected chi connectivity index (χ3v) is 6.24. The predicted molar refractivity (Wildman–Crippen MR) is 125 cm³/mol. The number of nitrogens with zero attached hydrogens (tertiary/aromatic N) is 4. The number of amides is 1. The van der Waals surface area contributed by atoms with Gasteiger partial charge in [0.2, 0.25) is 5.91 Å². The number of carbonyl (C=O) groups is 1. The smallest absolute Gasteiger partial charge is 0.223 e. The van der Waals surface area contributed by atoms with E-state index in [-0.39, 0.29) is 17.8 Å². The zero-order chi connectivity index (χ0) is 22.6. The summed E-state index contributed by atoms with van der Waals surface area (Å²) >= 11 is 0. The molecule has 1 saturated heterocycles. The number of benzene rings is 1. The normalized spacial score (nSPS) is 19.7. The standard InChI is InChI=1S/C26H26FN5O/c27-20-7-3-8-21(16-20)29-24-17-22(19-10-12-28-13-11-19)30-26(31-24)23-9-4-14-32(23)25(33)15-18-5-1-2-6-18/h1,3,5,7-8,10-13,16-18,23H,2,4,6,9,14-15H2,(H,29,30,31)/t18-,23-/m0/s1. The molecule has 5 rings (SSSR count). The van der Waals surface area contributed by atoms with E-state index in [1.54, 1.807) is 24.5 Å². The van der Waals surface area contributed by atoms with Gasteiger partial charge in [-0.3, -0.25) is 9.78 Å². The first-order valence-corrected chi connectivity index (χ1v) is 11.4. The molecule has 1 aromatic carbocycles. The number of likely N-dealkylation sites (tertiary alicyclic amines) is 1. The fourth-order valence-corrected chi connectivity index (χ4v) is 4.60. The van der Waals surface area contributed by atoms with Crippen LogP contribution >= 0.6 is 0 Å². The molecule has 1 aliphatic heterocycles. The van der Waals surface area contributed by atoms with Gasteiger partial charge in [0.1, 0.15) is 11.6 Å². The van der Waals surface area contributed by atoms with Gasteiger partial charge in [-0.2, -0.15) is 0 Å². The Balaban J connectivity index is 1.47. The molecule has 0 radical (unpaired) electrons. The first kappa shape index (κ1) is 21.2. The van der Waals surface area contributed by atoms with Gasteiger partial charge in [-0.15, -0.1) is 0 Å². The van der Waals surface area contributed by atoms with E-state index in [0.29, 0.717) is 29.7 Å². The number of hydrogen-bond donors (Lipinski definition) is 1. The Morgan fingerprint density at radius 3 is 2.79 bits per heavy atom. The van der Waals surface area contributed by atoms with Crippen LogP contribution < -0.4 is 5.32 Å². The molecule has 3 heterocycles. The third kappa shape index (κ3) is 4.92. The summed E-state index contributed by atoms with van der Waals surface area (Å²) in [7, 11) is 0. The monoisotopic (exact) mass is 443 g/mol. The minimum absolute atomic E-state index is 0.159. The minimum Gasteiger partial charge on any atom is -0.340 e. The zero-order valence-electron chi connectivity index (χ0n) is 18.3. The summed E-state index contributed by atoms with van der Waals surface area (Å²) in [5, 5.41) is 3.20. The largest absolute Gasteiger partial charge is 0.340 e. The van der Waals surface area contributed by atoms with Crippen LogP contribution in [0.4, 0.5) is 15.9 Å². The minimum atomic E-state index is -0.322. The van der Waals surface area contributed by atoms with Crippen LogP contribution in [-0.4, -0.2) is 32.3 Å². The van der Waals surface area contributed by atoms with Crippen LogP contribution in [0.5, 0.6) is 0 Å². The van der Waals surface area contributed by atoms with Crippen LogP contribution in [0.15, 0.2) is 67.0 Å². The molecule has 0 bridgehead atoms. The number of allylic oxidation sites excluding steroid dienone is 2.